The van der Waals surface area contributed by atoms with Crippen LogP contribution in [0.1, 0.15) is 11.1 Å². The smallest absolute Gasteiger partial charge is 0.130 e. The van der Waals surface area contributed by atoms with Crippen molar-refractivity contribution in [1.82, 2.24) is 9.80 Å². The first-order valence-corrected chi connectivity index (χ1v) is 6.38. The molecule has 4 nitrogen and oxygen atoms in total. The molecule has 1 aromatic rings. The van der Waals surface area contributed by atoms with Gasteiger partial charge in [-0.3, -0.25) is 9.98 Å². The Kier molecular flexibility index (Phi) is 2.78. The minimum atomic E-state index is 0.906. The van der Waals surface area contributed by atoms with Gasteiger partial charge in [0, 0.05) is 38.3 Å². The second-order valence-corrected chi connectivity index (χ2v) is 4.83. The van der Waals surface area contributed by atoms with Crippen LogP contribution in [0.5, 0.6) is 0 Å². The van der Waals surface area contributed by atoms with Gasteiger partial charge in [-0.15, -0.1) is 0 Å². The summed E-state index contributed by atoms with van der Waals surface area (Å²) in [7, 11) is 4.18. The van der Waals surface area contributed by atoms with Crippen LogP contribution in [0.25, 0.3) is 0 Å². The molecule has 18 heavy (non-hydrogen) atoms. The standard InChI is InChI=1S/C14H18N4/c1-17-9-7-15-13(17)11-3-5-12(6-4-11)14-16-8-10-18(14)2/h3-6H,7-10H2,1-2H3. The van der Waals surface area contributed by atoms with Crippen molar-refractivity contribution in [3.8, 4) is 0 Å². The predicted molar refractivity (Wildman–Crippen MR) is 74.5 cm³/mol. The summed E-state index contributed by atoms with van der Waals surface area (Å²) in [6.45, 7) is 3.85. The van der Waals surface area contributed by atoms with E-state index in [2.05, 4.69) is 58.1 Å². The van der Waals surface area contributed by atoms with Crippen molar-refractivity contribution < 1.29 is 0 Å². The fraction of sp³-hybridized carbons (Fsp3) is 0.429. The Morgan fingerprint density at radius 1 is 0.778 bits per heavy atom. The average molecular weight is 242 g/mol. The van der Waals surface area contributed by atoms with Crippen molar-refractivity contribution in [2.24, 2.45) is 9.98 Å². The molecule has 0 aromatic heterocycles. The Morgan fingerprint density at radius 3 is 1.44 bits per heavy atom. The molecule has 0 saturated carbocycles. The highest BCUT2D eigenvalue weighted by Crippen LogP contribution is 2.14. The maximum absolute atomic E-state index is 4.53. The highest BCUT2D eigenvalue weighted by Gasteiger charge is 2.17. The third-order valence-corrected chi connectivity index (χ3v) is 3.52. The van der Waals surface area contributed by atoms with E-state index in [0.29, 0.717) is 0 Å². The SMILES string of the molecule is CN1CCN=C1c1ccc(C2=NCCN2C)cc1. The highest BCUT2D eigenvalue weighted by molar-refractivity contribution is 6.02. The first-order valence-electron chi connectivity index (χ1n) is 6.38. The Balaban J connectivity index is 1.85. The van der Waals surface area contributed by atoms with E-state index < -0.39 is 0 Å². The molecule has 0 N–H and O–H groups in total. The lowest BCUT2D eigenvalue weighted by Crippen LogP contribution is -2.24. The molecule has 2 heterocycles. The number of benzene rings is 1. The van der Waals surface area contributed by atoms with E-state index in [9.17, 15) is 0 Å². The molecule has 0 bridgehead atoms. The molecule has 0 saturated heterocycles. The van der Waals surface area contributed by atoms with Crippen molar-refractivity contribution >= 4 is 11.7 Å². The molecular weight excluding hydrogens is 224 g/mol. The Morgan fingerprint density at radius 2 is 1.17 bits per heavy atom. The van der Waals surface area contributed by atoms with Crippen LogP contribution in [0.15, 0.2) is 34.3 Å². The van der Waals surface area contributed by atoms with Gasteiger partial charge in [0.25, 0.3) is 0 Å². The molecule has 0 fully saturated rings. The van der Waals surface area contributed by atoms with Crippen LogP contribution in [-0.4, -0.2) is 61.7 Å². The molecule has 0 amide bonds. The van der Waals surface area contributed by atoms with Crippen LogP contribution >= 0.6 is 0 Å². The van der Waals surface area contributed by atoms with Gasteiger partial charge in [0.05, 0.1) is 13.1 Å². The molecule has 2 aliphatic rings. The van der Waals surface area contributed by atoms with Gasteiger partial charge in [-0.05, 0) is 0 Å². The van der Waals surface area contributed by atoms with E-state index in [1.54, 1.807) is 0 Å². The summed E-state index contributed by atoms with van der Waals surface area (Å²) in [5, 5.41) is 0. The van der Waals surface area contributed by atoms with Crippen molar-refractivity contribution in [2.45, 2.75) is 0 Å². The zero-order chi connectivity index (χ0) is 12.5. The lowest BCUT2D eigenvalue weighted by Gasteiger charge is -2.16. The monoisotopic (exact) mass is 242 g/mol. The quantitative estimate of drug-likeness (QED) is 0.777. The maximum Gasteiger partial charge on any atom is 0.130 e. The van der Waals surface area contributed by atoms with Crippen molar-refractivity contribution in [3.05, 3.63) is 35.4 Å². The molecule has 0 radical (unpaired) electrons. The molecule has 94 valence electrons. The van der Waals surface area contributed by atoms with E-state index in [4.69, 9.17) is 0 Å². The number of nitrogens with zero attached hydrogens (tertiary/aromatic N) is 4. The Hall–Kier alpha value is -1.84. The van der Waals surface area contributed by atoms with E-state index in [1.165, 1.54) is 11.1 Å². The third-order valence-electron chi connectivity index (χ3n) is 3.52. The zero-order valence-corrected chi connectivity index (χ0v) is 10.9. The predicted octanol–water partition coefficient (Wildman–Crippen LogP) is 1.07. The molecule has 1 aromatic carbocycles. The van der Waals surface area contributed by atoms with Crippen LogP contribution < -0.4 is 0 Å². The van der Waals surface area contributed by atoms with Gasteiger partial charge in [0.1, 0.15) is 11.7 Å². The number of amidine groups is 2. The molecule has 0 atom stereocenters. The first-order chi connectivity index (χ1) is 8.75. The molecule has 4 heteroatoms. The number of likely N-dealkylation sites (N-methyl/N-ethyl adjacent to an activating group) is 2. The molecule has 3 rings (SSSR count). The van der Waals surface area contributed by atoms with E-state index in [1.807, 2.05) is 0 Å². The summed E-state index contributed by atoms with van der Waals surface area (Å²) in [4.78, 5) is 13.5. The zero-order valence-electron chi connectivity index (χ0n) is 10.9. The lowest BCUT2D eigenvalue weighted by molar-refractivity contribution is 0.556. The van der Waals surface area contributed by atoms with Crippen molar-refractivity contribution in [2.75, 3.05) is 40.3 Å². The minimum absolute atomic E-state index is 0.906. The minimum Gasteiger partial charge on any atom is -0.358 e. The topological polar surface area (TPSA) is 31.2 Å². The first kappa shape index (κ1) is 11.3. The van der Waals surface area contributed by atoms with Crippen LogP contribution in [0.2, 0.25) is 0 Å². The normalized spacial score (nSPS) is 19.2. The summed E-state index contributed by atoms with van der Waals surface area (Å²) in [5.74, 6) is 2.20. The van der Waals surface area contributed by atoms with Gasteiger partial charge in [-0.2, -0.15) is 0 Å². The summed E-state index contributed by atoms with van der Waals surface area (Å²) in [6.07, 6.45) is 0. The van der Waals surface area contributed by atoms with Crippen LogP contribution in [-0.2, 0) is 0 Å². The van der Waals surface area contributed by atoms with Gasteiger partial charge < -0.3 is 9.80 Å². The molecule has 0 spiro atoms. The van der Waals surface area contributed by atoms with Gasteiger partial charge >= 0.3 is 0 Å². The van der Waals surface area contributed by atoms with Gasteiger partial charge in [-0.25, -0.2) is 0 Å². The molecule has 0 unspecified atom stereocenters. The van der Waals surface area contributed by atoms with Crippen molar-refractivity contribution in [3.63, 3.8) is 0 Å². The summed E-state index contributed by atoms with van der Waals surface area (Å²) in [6, 6.07) is 8.57. The highest BCUT2D eigenvalue weighted by atomic mass is 15.2. The number of rotatable bonds is 2. The Bertz CT molecular complexity index is 454. The molecule has 2 aliphatic heterocycles. The largest absolute Gasteiger partial charge is 0.358 e. The summed E-state index contributed by atoms with van der Waals surface area (Å²) >= 11 is 0. The second kappa shape index (κ2) is 4.44. The number of hydrogen-bond acceptors (Lipinski definition) is 4. The average Bonchev–Trinajstić information content (AvgIpc) is 2.98. The number of hydrogen-bond donors (Lipinski definition) is 0. The third kappa shape index (κ3) is 1.88. The van der Waals surface area contributed by atoms with E-state index >= 15 is 0 Å². The lowest BCUT2D eigenvalue weighted by atomic mass is 10.1. The Labute approximate surface area is 108 Å². The van der Waals surface area contributed by atoms with E-state index in [0.717, 1.165) is 37.9 Å². The van der Waals surface area contributed by atoms with Crippen molar-refractivity contribution in [1.29, 1.82) is 0 Å². The fourth-order valence-corrected chi connectivity index (χ4v) is 2.46. The van der Waals surface area contributed by atoms with Gasteiger partial charge in [-0.1, -0.05) is 24.3 Å². The van der Waals surface area contributed by atoms with Crippen LogP contribution in [0.4, 0.5) is 0 Å². The van der Waals surface area contributed by atoms with Gasteiger partial charge in [0.2, 0.25) is 0 Å². The summed E-state index contributed by atoms with van der Waals surface area (Å²) in [5.41, 5.74) is 2.39. The molecular formula is C14H18N4. The van der Waals surface area contributed by atoms with Gasteiger partial charge in [0.15, 0.2) is 0 Å². The van der Waals surface area contributed by atoms with E-state index in [-0.39, 0.29) is 0 Å². The second-order valence-electron chi connectivity index (χ2n) is 4.83. The number of aliphatic imine (C=N–C) groups is 2. The maximum atomic E-state index is 4.53. The molecule has 0 aliphatic carbocycles. The van der Waals surface area contributed by atoms with Crippen LogP contribution in [0, 0.1) is 0 Å². The van der Waals surface area contributed by atoms with Crippen LogP contribution in [0.3, 0.4) is 0 Å². The fourth-order valence-electron chi connectivity index (χ4n) is 2.46. The summed E-state index contributed by atoms with van der Waals surface area (Å²) < 4.78 is 0.